The Morgan fingerprint density at radius 3 is 2.91 bits per heavy atom. The van der Waals surface area contributed by atoms with Crippen LogP contribution >= 0.6 is 11.6 Å². The third-order valence-corrected chi connectivity index (χ3v) is 5.94. The van der Waals surface area contributed by atoms with Crippen molar-refractivity contribution in [1.29, 1.82) is 5.26 Å². The van der Waals surface area contributed by atoms with E-state index in [2.05, 4.69) is 21.4 Å². The van der Waals surface area contributed by atoms with Gasteiger partial charge in [0, 0.05) is 25.8 Å². The molecule has 1 fully saturated rings. The summed E-state index contributed by atoms with van der Waals surface area (Å²) >= 11 is 5.89. The molecule has 0 bridgehead atoms. The van der Waals surface area contributed by atoms with Gasteiger partial charge in [-0.2, -0.15) is 5.26 Å². The Kier molecular flexibility index (Phi) is 7.31. The molecule has 35 heavy (non-hydrogen) atoms. The molecule has 0 saturated carbocycles. The van der Waals surface area contributed by atoms with Crippen LogP contribution in [0.15, 0.2) is 24.3 Å². The number of rotatable bonds is 7. The van der Waals surface area contributed by atoms with Gasteiger partial charge >= 0.3 is 5.97 Å². The first-order valence-electron chi connectivity index (χ1n) is 11.0. The number of nitrogens with zero attached hydrogens (tertiary/aromatic N) is 5. The number of aromatic nitrogens is 3. The Labute approximate surface area is 207 Å². The van der Waals surface area contributed by atoms with E-state index in [9.17, 15) is 15.2 Å². The van der Waals surface area contributed by atoms with E-state index in [1.165, 1.54) is 6.07 Å². The Morgan fingerprint density at radius 1 is 1.40 bits per heavy atom. The highest BCUT2D eigenvalue weighted by Gasteiger charge is 2.26. The molecule has 1 aliphatic heterocycles. The number of nitriles is 1. The Balaban J connectivity index is 1.76. The molecule has 3 aromatic rings. The summed E-state index contributed by atoms with van der Waals surface area (Å²) in [7, 11) is 1.62. The number of carboxylic acids is 1. The fraction of sp³-hybridized carbons (Fsp3) is 0.375. The van der Waals surface area contributed by atoms with Gasteiger partial charge in [-0.1, -0.05) is 17.7 Å². The zero-order chi connectivity index (χ0) is 25.1. The number of fused-ring (bicyclic) bond motifs is 1. The Hall–Kier alpha value is -3.52. The van der Waals surface area contributed by atoms with Gasteiger partial charge in [0.15, 0.2) is 17.2 Å². The number of methoxy groups -OCH3 is 1. The van der Waals surface area contributed by atoms with Crippen molar-refractivity contribution in [2.24, 2.45) is 0 Å². The normalized spacial score (nSPS) is 16.7. The minimum absolute atomic E-state index is 0.0958. The van der Waals surface area contributed by atoms with Crippen molar-refractivity contribution in [3.63, 3.8) is 0 Å². The molecule has 2 atom stereocenters. The summed E-state index contributed by atoms with van der Waals surface area (Å²) < 4.78 is 11.0. The average molecular weight is 497 g/mol. The second-order valence-corrected chi connectivity index (χ2v) is 8.71. The zero-order valence-corrected chi connectivity index (χ0v) is 20.3. The van der Waals surface area contributed by atoms with E-state index in [0.29, 0.717) is 48.8 Å². The van der Waals surface area contributed by atoms with E-state index in [4.69, 9.17) is 26.1 Å². The minimum Gasteiger partial charge on any atom is -0.476 e. The van der Waals surface area contributed by atoms with Crippen LogP contribution in [0.5, 0.6) is 0 Å². The second-order valence-electron chi connectivity index (χ2n) is 8.32. The lowest BCUT2D eigenvalue weighted by atomic mass is 10.0. The summed E-state index contributed by atoms with van der Waals surface area (Å²) in [6, 6.07) is 8.80. The van der Waals surface area contributed by atoms with Crippen LogP contribution in [0.25, 0.3) is 11.0 Å². The number of morpholine rings is 1. The number of anilines is 2. The maximum absolute atomic E-state index is 11.7. The summed E-state index contributed by atoms with van der Waals surface area (Å²) in [5.41, 5.74) is 3.36. The lowest BCUT2D eigenvalue weighted by Gasteiger charge is -2.33. The summed E-state index contributed by atoms with van der Waals surface area (Å²) in [5, 5.41) is 22.7. The summed E-state index contributed by atoms with van der Waals surface area (Å²) in [6.07, 6.45) is -0.136. The highest BCUT2D eigenvalue weighted by atomic mass is 35.5. The smallest absolute Gasteiger partial charge is 0.356 e. The largest absolute Gasteiger partial charge is 0.476 e. The predicted octanol–water partition coefficient (Wildman–Crippen LogP) is 3.58. The van der Waals surface area contributed by atoms with Crippen molar-refractivity contribution in [3.05, 3.63) is 51.9 Å². The van der Waals surface area contributed by atoms with Gasteiger partial charge < -0.3 is 24.8 Å². The molecule has 0 amide bonds. The van der Waals surface area contributed by atoms with Crippen molar-refractivity contribution in [1.82, 2.24) is 15.0 Å². The van der Waals surface area contributed by atoms with Gasteiger partial charge in [-0.15, -0.1) is 0 Å². The molecular formula is C24H25ClN6O4. The number of carboxylic acid groups (broad SMARTS) is 1. The molecule has 1 aromatic carbocycles. The monoisotopic (exact) mass is 496 g/mol. The van der Waals surface area contributed by atoms with Crippen LogP contribution in [0.4, 0.5) is 11.5 Å². The van der Waals surface area contributed by atoms with Crippen LogP contribution < -0.4 is 10.2 Å². The maximum Gasteiger partial charge on any atom is 0.356 e. The summed E-state index contributed by atoms with van der Waals surface area (Å²) in [5.74, 6) is -0.698. The standard InChI is InChI=1S/C24H25ClN6O4/c1-13-8-16(14(2)27-17-4-5-20(25)29-22(17)24(32)33)21-18(9-13)28-19(10-26)23(30-21)31-6-7-35-15(11-31)12-34-3/h4-5,8-9,14-15,27H,6-7,11-12H2,1-3H3,(H,32,33)/t14-,15-/m1/s1. The SMILES string of the molecule is COC[C@H]1CN(c2nc3c([C@@H](C)Nc4ccc(Cl)nc4C(=O)O)cc(C)cc3nc2C#N)CCO1. The van der Waals surface area contributed by atoms with Crippen LogP contribution in [0.3, 0.4) is 0 Å². The van der Waals surface area contributed by atoms with E-state index in [-0.39, 0.29) is 28.7 Å². The summed E-state index contributed by atoms with van der Waals surface area (Å²) in [6.45, 7) is 5.85. The average Bonchev–Trinajstić information content (AvgIpc) is 2.84. The van der Waals surface area contributed by atoms with Gasteiger partial charge in [-0.25, -0.2) is 19.7 Å². The number of aromatic carboxylic acids is 1. The number of pyridine rings is 1. The van der Waals surface area contributed by atoms with Gasteiger partial charge in [-0.3, -0.25) is 0 Å². The topological polar surface area (TPSA) is 133 Å². The lowest BCUT2D eigenvalue weighted by molar-refractivity contribution is -0.0102. The number of nitrogens with one attached hydrogen (secondary N) is 1. The third-order valence-electron chi connectivity index (χ3n) is 5.72. The molecule has 1 aliphatic rings. The quantitative estimate of drug-likeness (QED) is 0.467. The number of hydrogen-bond acceptors (Lipinski definition) is 9. The highest BCUT2D eigenvalue weighted by Crippen LogP contribution is 2.31. The molecule has 0 unspecified atom stereocenters. The van der Waals surface area contributed by atoms with Gasteiger partial charge in [-0.05, 0) is 37.6 Å². The Bertz CT molecular complexity index is 1310. The molecule has 4 rings (SSSR count). The predicted molar refractivity (Wildman–Crippen MR) is 131 cm³/mol. The fourth-order valence-corrected chi connectivity index (χ4v) is 4.32. The minimum atomic E-state index is -1.19. The first kappa shape index (κ1) is 24.6. The summed E-state index contributed by atoms with van der Waals surface area (Å²) in [4.78, 5) is 27.1. The van der Waals surface area contributed by atoms with Gasteiger partial charge in [0.1, 0.15) is 11.2 Å². The second kappa shape index (κ2) is 10.4. The lowest BCUT2D eigenvalue weighted by Crippen LogP contribution is -2.45. The molecule has 182 valence electrons. The van der Waals surface area contributed by atoms with Gasteiger partial charge in [0.25, 0.3) is 0 Å². The van der Waals surface area contributed by atoms with Crippen LogP contribution in [0.1, 0.15) is 40.3 Å². The number of hydrogen-bond donors (Lipinski definition) is 2. The fourth-order valence-electron chi connectivity index (χ4n) is 4.17. The van der Waals surface area contributed by atoms with Crippen LogP contribution in [-0.2, 0) is 9.47 Å². The van der Waals surface area contributed by atoms with Crippen molar-refractivity contribution < 1.29 is 19.4 Å². The van der Waals surface area contributed by atoms with Crippen LogP contribution in [-0.4, -0.2) is 65.5 Å². The van der Waals surface area contributed by atoms with Crippen molar-refractivity contribution in [2.75, 3.05) is 43.6 Å². The van der Waals surface area contributed by atoms with Crippen molar-refractivity contribution >= 4 is 40.1 Å². The Morgan fingerprint density at radius 2 is 2.20 bits per heavy atom. The van der Waals surface area contributed by atoms with Gasteiger partial charge in [0.05, 0.1) is 42.1 Å². The molecule has 0 aliphatic carbocycles. The molecule has 1 saturated heterocycles. The van der Waals surface area contributed by atoms with Crippen molar-refractivity contribution in [3.8, 4) is 6.07 Å². The molecule has 3 heterocycles. The van der Waals surface area contributed by atoms with Gasteiger partial charge in [0.2, 0.25) is 0 Å². The number of ether oxygens (including phenoxy) is 2. The number of halogens is 1. The molecule has 10 nitrogen and oxygen atoms in total. The van der Waals surface area contributed by atoms with E-state index in [1.54, 1.807) is 13.2 Å². The molecule has 2 aromatic heterocycles. The number of carbonyl (C=O) groups is 1. The maximum atomic E-state index is 11.7. The molecular weight excluding hydrogens is 472 g/mol. The molecule has 2 N–H and O–H groups in total. The van der Waals surface area contributed by atoms with Crippen molar-refractivity contribution in [2.45, 2.75) is 26.0 Å². The van der Waals surface area contributed by atoms with E-state index in [0.717, 1.165) is 11.1 Å². The highest BCUT2D eigenvalue weighted by molar-refractivity contribution is 6.29. The molecule has 11 heteroatoms. The third kappa shape index (κ3) is 5.27. The first-order valence-corrected chi connectivity index (χ1v) is 11.4. The zero-order valence-electron chi connectivity index (χ0n) is 19.6. The van der Waals surface area contributed by atoms with Crippen LogP contribution in [0.2, 0.25) is 5.15 Å². The number of benzene rings is 1. The molecule has 0 spiro atoms. The van der Waals surface area contributed by atoms with E-state index >= 15 is 0 Å². The first-order chi connectivity index (χ1) is 16.8. The number of aryl methyl sites for hydroxylation is 1. The van der Waals surface area contributed by atoms with E-state index < -0.39 is 5.97 Å². The van der Waals surface area contributed by atoms with Crippen LogP contribution in [0, 0.1) is 18.3 Å². The molecule has 0 radical (unpaired) electrons. The van der Waals surface area contributed by atoms with E-state index in [1.807, 2.05) is 30.9 Å².